The van der Waals surface area contributed by atoms with E-state index < -0.39 is 0 Å². The van der Waals surface area contributed by atoms with Gasteiger partial charge in [0.05, 0.1) is 0 Å². The summed E-state index contributed by atoms with van der Waals surface area (Å²) >= 11 is 0. The minimum Gasteiger partial charge on any atom is -0.0776 e. The van der Waals surface area contributed by atoms with Crippen LogP contribution in [0.25, 0.3) is 0 Å². The Morgan fingerprint density at radius 1 is 0.0370 bits per heavy atom. The summed E-state index contributed by atoms with van der Waals surface area (Å²) in [7, 11) is 0. The summed E-state index contributed by atoms with van der Waals surface area (Å²) in [5.41, 5.74) is 0. The second-order valence-corrected chi connectivity index (χ2v) is 0. The molecule has 0 aliphatic rings. The Kier molecular flexibility index (Phi) is 0. The van der Waals surface area contributed by atoms with Crippen molar-refractivity contribution in [3.8, 4) is 0 Å². The Morgan fingerprint density at radius 2 is 0.0370 bits per heavy atom. The fraction of sp³-hybridized carbons (Fsp3) is 1.00. The second-order valence-electron chi connectivity index (χ2n) is 0. The van der Waals surface area contributed by atoms with Gasteiger partial charge in [-0.05, 0) is 0 Å². The summed E-state index contributed by atoms with van der Waals surface area (Å²) in [4.78, 5) is 0. The Hall–Kier alpha value is 0. The van der Waals surface area contributed by atoms with Gasteiger partial charge in [0.2, 0.25) is 0 Å². The Balaban J connectivity index is 0. The second kappa shape index (κ2) is 0. The van der Waals surface area contributed by atoms with Crippen molar-refractivity contribution >= 4 is 0 Å². The molecule has 0 atom stereocenters. The lowest BCUT2D eigenvalue weighted by atomic mass is 12.0. The zero-order valence-corrected chi connectivity index (χ0v) is 0. The van der Waals surface area contributed by atoms with Crippen LogP contribution in [-0.2, 0) is 0 Å². The third kappa shape index (κ3) is 0. The Labute approximate surface area is 200 Å². The van der Waals surface area contributed by atoms with Crippen LogP contribution in [0.4, 0.5) is 0 Å². The van der Waals surface area contributed by atoms with E-state index >= 15 is 0 Å². The van der Waals surface area contributed by atoms with Gasteiger partial charge in [-0.3, -0.25) is 0 Å². The van der Waals surface area contributed by atoms with Gasteiger partial charge >= 0.3 is 0 Å². The first-order chi connectivity index (χ1) is 0. The molecule has 0 rings (SSSR count). The third-order valence-corrected chi connectivity index (χ3v) is 0. The van der Waals surface area contributed by atoms with E-state index in [9.17, 15) is 0 Å². The molecular weight excluding hydrogens is 324 g/mol. The number of hydrogen-bond acceptors (Lipinski definition) is 0. The molecule has 0 heterocycles. The van der Waals surface area contributed by atoms with Gasteiger partial charge in [0, 0.05) is 0 Å². The number of rotatable bonds is 0. The maximum atomic E-state index is 0. The van der Waals surface area contributed by atoms with Crippen molar-refractivity contribution in [3.05, 3.63) is 0 Å². The van der Waals surface area contributed by atoms with Gasteiger partial charge in [0.1, 0.15) is 0 Å². The van der Waals surface area contributed by atoms with Gasteiger partial charge < -0.3 is 0 Å². The molecule has 0 radical (unpaired) electrons. The van der Waals surface area contributed by atoms with E-state index in [0.29, 0.717) is 0 Å². The quantitative estimate of drug-likeness (QED) is 0.356. The standard InChI is InChI=1S/27CH4/h27*1H4. The van der Waals surface area contributed by atoms with Crippen LogP contribution in [0.5, 0.6) is 0 Å². The molecule has 0 saturated heterocycles. The maximum absolute atomic E-state index is 0. The van der Waals surface area contributed by atoms with Crippen LogP contribution in [0.15, 0.2) is 0 Å². The molecule has 0 fully saturated rings. The molecule has 0 aliphatic heterocycles. The molecule has 0 aromatic rings. The lowest BCUT2D eigenvalue weighted by Gasteiger charge is -0.0786. The first-order valence-corrected chi connectivity index (χ1v) is 0. The van der Waals surface area contributed by atoms with Crippen molar-refractivity contribution in [2.24, 2.45) is 0 Å². The Bertz CT molecular complexity index is 0. The maximum Gasteiger partial charge on any atom is -0.0776 e. The molecule has 0 unspecified atom stereocenters. The summed E-state index contributed by atoms with van der Waals surface area (Å²) in [5.74, 6) is 0. The minimum atomic E-state index is 0. The minimum absolute atomic E-state index is 0. The summed E-state index contributed by atoms with van der Waals surface area (Å²) < 4.78 is 0. The van der Waals surface area contributed by atoms with E-state index in [1.54, 1.807) is 0 Å². The van der Waals surface area contributed by atoms with Gasteiger partial charge in [-0.2, -0.15) is 0 Å². The van der Waals surface area contributed by atoms with E-state index in [0.717, 1.165) is 0 Å². The van der Waals surface area contributed by atoms with E-state index in [1.165, 1.54) is 0 Å². The molecule has 0 aromatic carbocycles. The molecule has 0 N–H and O–H groups in total. The van der Waals surface area contributed by atoms with Crippen molar-refractivity contribution in [2.75, 3.05) is 0 Å². The fourth-order valence-corrected chi connectivity index (χ4v) is 0. The normalized spacial score (nSPS) is 0. The van der Waals surface area contributed by atoms with Gasteiger partial charge in [0.15, 0.2) is 0 Å². The van der Waals surface area contributed by atoms with E-state index in [2.05, 4.69) is 0 Å². The fourth-order valence-electron chi connectivity index (χ4n) is 0. The van der Waals surface area contributed by atoms with Crippen molar-refractivity contribution < 1.29 is 0 Å². The molecule has 0 heteroatoms. The van der Waals surface area contributed by atoms with Gasteiger partial charge in [0.25, 0.3) is 0 Å². The molecule has 27 heavy (non-hydrogen) atoms. The topological polar surface area (TPSA) is 0 Å². The highest BCUT2D eigenvalue weighted by atomic mass is 12.0. The average molecular weight is 433 g/mol. The molecule has 0 spiro atoms. The van der Waals surface area contributed by atoms with Crippen molar-refractivity contribution in [2.45, 2.75) is 201 Å². The van der Waals surface area contributed by atoms with E-state index in [1.807, 2.05) is 0 Å². The van der Waals surface area contributed by atoms with Gasteiger partial charge in [-0.1, -0.05) is 201 Å². The molecule has 0 saturated carbocycles. The first-order valence-electron chi connectivity index (χ1n) is 0. The SMILES string of the molecule is C.C.C.C.C.C.C.C.C.C.C.C.C.C.C.C.C.C.C.C.C.C.C.C.C.C.C. The van der Waals surface area contributed by atoms with Crippen molar-refractivity contribution in [3.63, 3.8) is 0 Å². The van der Waals surface area contributed by atoms with Crippen molar-refractivity contribution in [1.29, 1.82) is 0 Å². The number of hydrogen-bond donors (Lipinski definition) is 0. The molecule has 0 nitrogen and oxygen atoms in total. The average Bonchev–Trinajstić information content (AvgIpc) is 0. The highest BCUT2D eigenvalue weighted by molar-refractivity contribution is 2.53. The van der Waals surface area contributed by atoms with E-state index in [-0.39, 0.29) is 201 Å². The van der Waals surface area contributed by atoms with Crippen LogP contribution < -0.4 is 0 Å². The van der Waals surface area contributed by atoms with Crippen LogP contribution in [0.2, 0.25) is 0 Å². The van der Waals surface area contributed by atoms with Crippen LogP contribution in [0.3, 0.4) is 0 Å². The molecule has 0 aromatic heterocycles. The molecular formula is C27H108. The van der Waals surface area contributed by atoms with Crippen LogP contribution in [-0.4, -0.2) is 0 Å². The molecule has 0 aliphatic carbocycles. The predicted octanol–water partition coefficient (Wildman–Crippen LogP) is 17.2. The highest BCUT2D eigenvalue weighted by Crippen LogP contribution is 0.170. The summed E-state index contributed by atoms with van der Waals surface area (Å²) in [6, 6.07) is 0. The first kappa shape index (κ1) is 0. The van der Waals surface area contributed by atoms with Crippen LogP contribution >= 0.6 is 0 Å². The molecule has 216 valence electrons. The lowest BCUT2D eigenvalue weighted by Crippen LogP contribution is 0.143. The van der Waals surface area contributed by atoms with Crippen LogP contribution in [0, 0.1) is 0 Å². The van der Waals surface area contributed by atoms with Gasteiger partial charge in [-0.25, -0.2) is 0 Å². The third-order valence-electron chi connectivity index (χ3n) is 0. The monoisotopic (exact) mass is 433 g/mol. The zero-order valence-electron chi connectivity index (χ0n) is 0. The van der Waals surface area contributed by atoms with Crippen molar-refractivity contribution in [1.82, 2.24) is 0 Å². The van der Waals surface area contributed by atoms with E-state index in [4.69, 9.17) is 0 Å². The largest absolute Gasteiger partial charge is 0.0776 e. The summed E-state index contributed by atoms with van der Waals surface area (Å²) in [6.07, 6.45) is 0. The highest BCUT2D eigenvalue weighted by Gasteiger charge is -0.0516. The lowest BCUT2D eigenvalue weighted by molar-refractivity contribution is 2.50. The van der Waals surface area contributed by atoms with Crippen LogP contribution in [0.1, 0.15) is 201 Å². The smallest absolute Gasteiger partial charge is 0.0776 e. The Morgan fingerprint density at radius 3 is 0.0370 bits per heavy atom. The zero-order chi connectivity index (χ0) is 0. The summed E-state index contributed by atoms with van der Waals surface area (Å²) in [5, 5.41) is 0. The molecule has 0 bridgehead atoms. The predicted molar refractivity (Wildman–Crippen MR) is 182 cm³/mol. The summed E-state index contributed by atoms with van der Waals surface area (Å²) in [6.45, 7) is 0. The molecule has 0 amide bonds. The van der Waals surface area contributed by atoms with Gasteiger partial charge in [-0.15, -0.1) is 0 Å².